The van der Waals surface area contributed by atoms with Crippen LogP contribution in [0.15, 0.2) is 0 Å². The van der Waals surface area contributed by atoms with E-state index >= 15 is 0 Å². The van der Waals surface area contributed by atoms with Crippen LogP contribution in [-0.2, 0) is 14.3 Å². The van der Waals surface area contributed by atoms with E-state index in [9.17, 15) is 4.79 Å². The summed E-state index contributed by atoms with van der Waals surface area (Å²) in [5, 5.41) is 0. The number of Topliss-reactive ketones (excluding diaryl/α,β-unsaturated/α-hetero) is 1. The first-order valence-electron chi connectivity index (χ1n) is 8.84. The summed E-state index contributed by atoms with van der Waals surface area (Å²) in [6.45, 7) is 2.26. The van der Waals surface area contributed by atoms with Gasteiger partial charge in [-0.3, -0.25) is 4.79 Å². The van der Waals surface area contributed by atoms with Gasteiger partial charge in [0.05, 0.1) is 0 Å². The fraction of sp³-hybridized carbons (Fsp3) is 0.944. The average Bonchev–Trinajstić information content (AvgIpc) is 2.49. The van der Waals surface area contributed by atoms with Gasteiger partial charge in [-0.1, -0.05) is 77.6 Å². The maximum atomic E-state index is 11.6. The van der Waals surface area contributed by atoms with Crippen LogP contribution < -0.4 is 0 Å². The maximum absolute atomic E-state index is 11.6. The molecule has 0 atom stereocenters. The molecule has 0 N–H and O–H groups in total. The highest BCUT2D eigenvalue weighted by atomic mass is 16.7. The zero-order valence-corrected chi connectivity index (χ0v) is 14.5. The second-order valence-electron chi connectivity index (χ2n) is 5.91. The summed E-state index contributed by atoms with van der Waals surface area (Å²) in [4.78, 5) is 11.6. The molecule has 0 aromatic heterocycles. The Hall–Kier alpha value is -0.410. The number of unbranched alkanes of at least 4 members (excludes halogenated alkanes) is 11. The van der Waals surface area contributed by atoms with Crippen molar-refractivity contribution in [1.82, 2.24) is 0 Å². The molecule has 0 aliphatic rings. The third kappa shape index (κ3) is 13.0. The van der Waals surface area contributed by atoms with Gasteiger partial charge in [-0.25, -0.2) is 0 Å². The fourth-order valence-corrected chi connectivity index (χ4v) is 2.62. The molecular formula is C18H36O3. The molecule has 21 heavy (non-hydrogen) atoms. The second-order valence-corrected chi connectivity index (χ2v) is 5.91. The molecule has 0 fully saturated rings. The van der Waals surface area contributed by atoms with Gasteiger partial charge < -0.3 is 9.47 Å². The molecule has 0 amide bonds. The van der Waals surface area contributed by atoms with Crippen LogP contribution in [0.25, 0.3) is 0 Å². The molecule has 0 saturated heterocycles. The van der Waals surface area contributed by atoms with Crippen LogP contribution in [0.4, 0.5) is 0 Å². The van der Waals surface area contributed by atoms with Crippen molar-refractivity contribution in [1.29, 1.82) is 0 Å². The highest BCUT2D eigenvalue weighted by molar-refractivity contribution is 5.81. The standard InChI is InChI=1S/C18H36O3/c1-4-5-6-7-8-9-10-11-12-13-14-15-16-17(19)18(20-2)21-3/h18H,4-16H2,1-3H3. The largest absolute Gasteiger partial charge is 0.349 e. The van der Waals surface area contributed by atoms with Gasteiger partial charge in [0.15, 0.2) is 5.78 Å². The van der Waals surface area contributed by atoms with Crippen molar-refractivity contribution in [3.05, 3.63) is 0 Å². The Labute approximate surface area is 131 Å². The quantitative estimate of drug-likeness (QED) is 0.288. The lowest BCUT2D eigenvalue weighted by atomic mass is 10.0. The molecule has 0 rings (SSSR count). The average molecular weight is 300 g/mol. The molecule has 0 saturated carbocycles. The smallest absolute Gasteiger partial charge is 0.217 e. The summed E-state index contributed by atoms with van der Waals surface area (Å²) in [5.41, 5.74) is 0. The van der Waals surface area contributed by atoms with Crippen molar-refractivity contribution in [2.45, 2.75) is 96.7 Å². The molecule has 0 radical (unpaired) electrons. The number of ether oxygens (including phenoxy) is 2. The van der Waals surface area contributed by atoms with Crippen LogP contribution in [0.1, 0.15) is 90.4 Å². The lowest BCUT2D eigenvalue weighted by Gasteiger charge is -2.11. The monoisotopic (exact) mass is 300 g/mol. The van der Waals surface area contributed by atoms with E-state index in [0.29, 0.717) is 6.42 Å². The molecule has 0 aliphatic heterocycles. The Kier molecular flexibility index (Phi) is 15.7. The SMILES string of the molecule is CCCCCCCCCCCCCCC(=O)C(OC)OC. The summed E-state index contributed by atoms with van der Waals surface area (Å²) in [6.07, 6.45) is 15.6. The van der Waals surface area contributed by atoms with E-state index in [4.69, 9.17) is 9.47 Å². The minimum Gasteiger partial charge on any atom is -0.349 e. The van der Waals surface area contributed by atoms with Gasteiger partial charge in [0.2, 0.25) is 6.29 Å². The first-order chi connectivity index (χ1) is 10.3. The summed E-state index contributed by atoms with van der Waals surface area (Å²) in [5.74, 6) is 0.0621. The topological polar surface area (TPSA) is 35.5 Å². The number of ketones is 1. The molecule has 3 nitrogen and oxygen atoms in total. The first kappa shape index (κ1) is 20.6. The lowest BCUT2D eigenvalue weighted by molar-refractivity contribution is -0.156. The van der Waals surface area contributed by atoms with Crippen molar-refractivity contribution in [2.24, 2.45) is 0 Å². The predicted molar refractivity (Wildman–Crippen MR) is 88.5 cm³/mol. The number of carbonyl (C=O) groups is 1. The Balaban J connectivity index is 3.20. The number of carbonyl (C=O) groups excluding carboxylic acids is 1. The van der Waals surface area contributed by atoms with Crippen molar-refractivity contribution < 1.29 is 14.3 Å². The van der Waals surface area contributed by atoms with Crippen LogP contribution in [0.5, 0.6) is 0 Å². The van der Waals surface area contributed by atoms with Crippen molar-refractivity contribution in [2.75, 3.05) is 14.2 Å². The zero-order valence-electron chi connectivity index (χ0n) is 14.5. The van der Waals surface area contributed by atoms with Gasteiger partial charge in [-0.15, -0.1) is 0 Å². The molecule has 0 aromatic carbocycles. The normalized spacial score (nSPS) is 11.2. The van der Waals surface area contributed by atoms with Crippen molar-refractivity contribution >= 4 is 5.78 Å². The van der Waals surface area contributed by atoms with E-state index in [2.05, 4.69) is 6.92 Å². The molecule has 3 heteroatoms. The van der Waals surface area contributed by atoms with Gasteiger partial charge in [-0.05, 0) is 6.42 Å². The second kappa shape index (κ2) is 16.0. The maximum Gasteiger partial charge on any atom is 0.217 e. The third-order valence-corrected chi connectivity index (χ3v) is 3.97. The molecule has 0 unspecified atom stereocenters. The van der Waals surface area contributed by atoms with Crippen molar-refractivity contribution in [3.8, 4) is 0 Å². The van der Waals surface area contributed by atoms with Gasteiger partial charge in [0.1, 0.15) is 0 Å². The minimum atomic E-state index is -0.669. The highest BCUT2D eigenvalue weighted by Crippen LogP contribution is 2.13. The number of hydrogen-bond acceptors (Lipinski definition) is 3. The first-order valence-corrected chi connectivity index (χ1v) is 8.84. The van der Waals surface area contributed by atoms with Crippen molar-refractivity contribution in [3.63, 3.8) is 0 Å². The predicted octanol–water partition coefficient (Wildman–Crippen LogP) is 5.27. The van der Waals surface area contributed by atoms with Crippen LogP contribution in [0.2, 0.25) is 0 Å². The molecule has 0 aromatic rings. The lowest BCUT2D eigenvalue weighted by Crippen LogP contribution is -2.24. The molecule has 0 heterocycles. The number of methoxy groups -OCH3 is 2. The van der Waals surface area contributed by atoms with E-state index in [-0.39, 0.29) is 5.78 Å². The van der Waals surface area contributed by atoms with Gasteiger partial charge in [-0.2, -0.15) is 0 Å². The molecule has 0 spiro atoms. The summed E-state index contributed by atoms with van der Waals surface area (Å²) in [6, 6.07) is 0. The van der Waals surface area contributed by atoms with Crippen LogP contribution in [0, 0.1) is 0 Å². The van der Waals surface area contributed by atoms with Gasteiger partial charge in [0.25, 0.3) is 0 Å². The third-order valence-electron chi connectivity index (χ3n) is 3.97. The Morgan fingerprint density at radius 2 is 1.10 bits per heavy atom. The zero-order chi connectivity index (χ0) is 15.8. The van der Waals surface area contributed by atoms with E-state index in [1.165, 1.54) is 78.4 Å². The van der Waals surface area contributed by atoms with E-state index in [0.717, 1.165) is 12.8 Å². The molecule has 0 aliphatic carbocycles. The summed E-state index contributed by atoms with van der Waals surface area (Å²) >= 11 is 0. The van der Waals surface area contributed by atoms with Gasteiger partial charge in [0, 0.05) is 20.6 Å². The number of rotatable bonds is 16. The van der Waals surface area contributed by atoms with E-state index in [1.54, 1.807) is 0 Å². The van der Waals surface area contributed by atoms with E-state index in [1.807, 2.05) is 0 Å². The minimum absolute atomic E-state index is 0.0621. The summed E-state index contributed by atoms with van der Waals surface area (Å²) < 4.78 is 9.89. The molecule has 126 valence electrons. The summed E-state index contributed by atoms with van der Waals surface area (Å²) in [7, 11) is 3.02. The van der Waals surface area contributed by atoms with Crippen LogP contribution >= 0.6 is 0 Å². The Morgan fingerprint density at radius 3 is 1.48 bits per heavy atom. The van der Waals surface area contributed by atoms with E-state index < -0.39 is 6.29 Å². The molecule has 0 bridgehead atoms. The van der Waals surface area contributed by atoms with Gasteiger partial charge >= 0.3 is 0 Å². The molecular weight excluding hydrogens is 264 g/mol. The number of hydrogen-bond donors (Lipinski definition) is 0. The van der Waals surface area contributed by atoms with Crippen LogP contribution in [0.3, 0.4) is 0 Å². The Morgan fingerprint density at radius 1 is 0.714 bits per heavy atom. The van der Waals surface area contributed by atoms with Crippen LogP contribution in [-0.4, -0.2) is 26.3 Å². The fourth-order valence-electron chi connectivity index (χ4n) is 2.62. The Bertz CT molecular complexity index is 225. The highest BCUT2D eigenvalue weighted by Gasteiger charge is 2.15.